The zero-order valence-electron chi connectivity index (χ0n) is 21.4. The van der Waals surface area contributed by atoms with Gasteiger partial charge in [0.15, 0.2) is 0 Å². The molecule has 0 unspecified atom stereocenters. The van der Waals surface area contributed by atoms with Crippen LogP contribution in [0.2, 0.25) is 10.0 Å². The molecule has 0 atom stereocenters. The molecule has 0 aliphatic heterocycles. The summed E-state index contributed by atoms with van der Waals surface area (Å²) in [4.78, 5) is 9.89. The molecule has 0 amide bonds. The van der Waals surface area contributed by atoms with Crippen LogP contribution < -0.4 is 10.6 Å². The van der Waals surface area contributed by atoms with E-state index in [1.165, 1.54) is 70.3 Å². The van der Waals surface area contributed by atoms with Crippen LogP contribution >= 0.6 is 48.0 Å². The van der Waals surface area contributed by atoms with Crippen molar-refractivity contribution in [2.75, 3.05) is 23.7 Å². The highest BCUT2D eigenvalue weighted by molar-refractivity contribution is 6.31. The van der Waals surface area contributed by atoms with Gasteiger partial charge in [0.1, 0.15) is 0 Å². The number of pyridine rings is 2. The zero-order chi connectivity index (χ0) is 24.5. The van der Waals surface area contributed by atoms with Gasteiger partial charge in [0, 0.05) is 56.7 Å². The maximum Gasteiger partial charge on any atom is 0.0741 e. The third-order valence-corrected chi connectivity index (χ3v) is 8.13. The fourth-order valence-corrected chi connectivity index (χ4v) is 6.21. The number of nitrogens with one attached hydrogen (secondary N) is 2. The number of benzene rings is 2. The lowest BCUT2D eigenvalue weighted by molar-refractivity contribution is 0.670. The summed E-state index contributed by atoms with van der Waals surface area (Å²) in [5, 5.41) is 11.4. The molecule has 2 aliphatic rings. The van der Waals surface area contributed by atoms with Crippen LogP contribution in [0, 0.1) is 0 Å². The minimum Gasteiger partial charge on any atom is -0.384 e. The highest BCUT2D eigenvalue weighted by Gasteiger charge is 2.19. The highest BCUT2D eigenvalue weighted by Crippen LogP contribution is 2.36. The van der Waals surface area contributed by atoms with Crippen LogP contribution in [0.25, 0.3) is 21.8 Å². The minimum atomic E-state index is 0. The summed E-state index contributed by atoms with van der Waals surface area (Å²) in [6.45, 7) is 1.89. The summed E-state index contributed by atoms with van der Waals surface area (Å²) in [5.74, 6) is 0. The van der Waals surface area contributed by atoms with Crippen LogP contribution in [-0.2, 0) is 25.7 Å². The lowest BCUT2D eigenvalue weighted by atomic mass is 9.92. The number of aryl methyl sites for hydroxylation is 2. The van der Waals surface area contributed by atoms with Crippen molar-refractivity contribution in [3.63, 3.8) is 0 Å². The van der Waals surface area contributed by atoms with Crippen molar-refractivity contribution >= 4 is 81.2 Å². The van der Waals surface area contributed by atoms with Crippen molar-refractivity contribution in [3.05, 3.63) is 69.0 Å². The fourth-order valence-electron chi connectivity index (χ4n) is 5.88. The Morgan fingerprint density at radius 2 is 1.03 bits per heavy atom. The van der Waals surface area contributed by atoms with E-state index < -0.39 is 0 Å². The normalized spacial score (nSPS) is 14.3. The topological polar surface area (TPSA) is 49.8 Å². The van der Waals surface area contributed by atoms with Gasteiger partial charge in [-0.1, -0.05) is 23.2 Å². The zero-order valence-corrected chi connectivity index (χ0v) is 24.6. The van der Waals surface area contributed by atoms with E-state index in [2.05, 4.69) is 22.8 Å². The molecule has 0 spiro atoms. The van der Waals surface area contributed by atoms with Crippen LogP contribution in [-0.4, -0.2) is 23.1 Å². The van der Waals surface area contributed by atoms with Crippen LogP contribution in [0.4, 0.5) is 11.4 Å². The van der Waals surface area contributed by atoms with Crippen molar-refractivity contribution in [2.24, 2.45) is 0 Å². The van der Waals surface area contributed by atoms with Crippen molar-refractivity contribution in [3.8, 4) is 0 Å². The second kappa shape index (κ2) is 12.9. The number of hydrogen-bond donors (Lipinski definition) is 2. The summed E-state index contributed by atoms with van der Waals surface area (Å²) in [6, 6.07) is 12.2. The van der Waals surface area contributed by atoms with Gasteiger partial charge >= 0.3 is 0 Å². The quantitative estimate of drug-likeness (QED) is 0.210. The first-order valence-corrected chi connectivity index (χ1v) is 14.1. The molecule has 2 aromatic heterocycles. The van der Waals surface area contributed by atoms with Gasteiger partial charge in [0.25, 0.3) is 0 Å². The molecule has 2 heterocycles. The van der Waals surface area contributed by atoms with Gasteiger partial charge in [-0.15, -0.1) is 24.8 Å². The van der Waals surface area contributed by atoms with E-state index in [9.17, 15) is 0 Å². The molecule has 4 aromatic rings. The second-order valence-electron chi connectivity index (χ2n) is 10.1. The highest BCUT2D eigenvalue weighted by atomic mass is 35.5. The van der Waals surface area contributed by atoms with Crippen LogP contribution in [0.3, 0.4) is 0 Å². The Labute approximate surface area is 247 Å². The third kappa shape index (κ3) is 5.94. The van der Waals surface area contributed by atoms with Crippen LogP contribution in [0.1, 0.15) is 61.0 Å². The molecule has 2 aromatic carbocycles. The van der Waals surface area contributed by atoms with E-state index in [4.69, 9.17) is 33.2 Å². The Kier molecular flexibility index (Phi) is 9.86. The molecule has 0 fully saturated rings. The first-order chi connectivity index (χ1) is 17.7. The standard InChI is InChI=1S/C30H32Cl2N4.2ClH/c31-19-11-13-23-27(17-19)35-25-9-3-1-7-21(25)29(23)33-15-5-6-16-34-30-22-8-2-4-10-26(22)36-28-18-20(32)12-14-24(28)30;;/h11-14,17-18H,1-10,15-16H2,(H,33,35)(H,34,36);2*1H. The van der Waals surface area contributed by atoms with Gasteiger partial charge < -0.3 is 10.6 Å². The molecule has 202 valence electrons. The maximum atomic E-state index is 6.28. The first-order valence-electron chi connectivity index (χ1n) is 13.4. The second-order valence-corrected chi connectivity index (χ2v) is 11.0. The number of nitrogens with zero attached hydrogens (tertiary/aromatic N) is 2. The van der Waals surface area contributed by atoms with E-state index in [-0.39, 0.29) is 24.8 Å². The Morgan fingerprint density at radius 3 is 1.47 bits per heavy atom. The number of unbranched alkanes of at least 4 members (excludes halogenated alkanes) is 1. The summed E-state index contributed by atoms with van der Waals surface area (Å²) in [7, 11) is 0. The maximum absolute atomic E-state index is 6.28. The molecular weight excluding hydrogens is 558 g/mol. The molecule has 2 N–H and O–H groups in total. The fraction of sp³-hybridized carbons (Fsp3) is 0.400. The molecule has 8 heteroatoms. The van der Waals surface area contributed by atoms with Gasteiger partial charge in [-0.25, -0.2) is 0 Å². The van der Waals surface area contributed by atoms with E-state index in [1.807, 2.05) is 24.3 Å². The predicted octanol–water partition coefficient (Wildman–Crippen LogP) is 9.00. The Balaban J connectivity index is 0.00000168. The molecule has 0 saturated carbocycles. The number of rotatable bonds is 7. The minimum absolute atomic E-state index is 0. The van der Waals surface area contributed by atoms with Gasteiger partial charge in [0.2, 0.25) is 0 Å². The Hall–Kier alpha value is -1.98. The van der Waals surface area contributed by atoms with E-state index in [0.717, 1.165) is 72.7 Å². The first kappa shape index (κ1) is 29.0. The predicted molar refractivity (Wildman–Crippen MR) is 167 cm³/mol. The van der Waals surface area contributed by atoms with E-state index in [0.29, 0.717) is 0 Å². The smallest absolute Gasteiger partial charge is 0.0741 e. The average molecular weight is 592 g/mol. The molecular formula is C30H34Cl4N4. The molecule has 6 rings (SSSR count). The van der Waals surface area contributed by atoms with Crippen LogP contribution in [0.15, 0.2) is 36.4 Å². The summed E-state index contributed by atoms with van der Waals surface area (Å²) in [5.41, 5.74) is 9.84. The monoisotopic (exact) mass is 590 g/mol. The van der Waals surface area contributed by atoms with Gasteiger partial charge in [0.05, 0.1) is 11.0 Å². The van der Waals surface area contributed by atoms with Crippen LogP contribution in [0.5, 0.6) is 0 Å². The summed E-state index contributed by atoms with van der Waals surface area (Å²) >= 11 is 12.6. The average Bonchev–Trinajstić information content (AvgIpc) is 2.89. The van der Waals surface area contributed by atoms with Crippen molar-refractivity contribution < 1.29 is 0 Å². The lowest BCUT2D eigenvalue weighted by Gasteiger charge is -2.22. The summed E-state index contributed by atoms with van der Waals surface area (Å²) in [6.07, 6.45) is 11.4. The van der Waals surface area contributed by atoms with Gasteiger partial charge in [-0.3, -0.25) is 9.97 Å². The third-order valence-electron chi connectivity index (χ3n) is 7.66. The number of anilines is 2. The Bertz CT molecular complexity index is 1330. The van der Waals surface area contributed by atoms with Gasteiger partial charge in [-0.2, -0.15) is 0 Å². The van der Waals surface area contributed by atoms with E-state index in [1.54, 1.807) is 0 Å². The van der Waals surface area contributed by atoms with E-state index >= 15 is 0 Å². The number of hydrogen-bond acceptors (Lipinski definition) is 4. The van der Waals surface area contributed by atoms with Crippen molar-refractivity contribution in [1.82, 2.24) is 9.97 Å². The SMILES string of the molecule is Cl.Cl.Clc1ccc2c(NCCCCNc3c4c(nc5cc(Cl)ccc35)CCCC4)c3c(nc2c1)CCCC3. The Morgan fingerprint density at radius 1 is 0.605 bits per heavy atom. The molecule has 2 aliphatic carbocycles. The van der Waals surface area contributed by atoms with Gasteiger partial charge in [-0.05, 0) is 112 Å². The molecule has 38 heavy (non-hydrogen) atoms. The van der Waals surface area contributed by atoms with Crippen molar-refractivity contribution in [1.29, 1.82) is 0 Å². The number of fused-ring (bicyclic) bond motifs is 4. The molecule has 0 radical (unpaired) electrons. The van der Waals surface area contributed by atoms with Crippen molar-refractivity contribution in [2.45, 2.75) is 64.2 Å². The molecule has 0 saturated heterocycles. The molecule has 4 nitrogen and oxygen atoms in total. The lowest BCUT2D eigenvalue weighted by Crippen LogP contribution is -2.14. The number of halogens is 4. The molecule has 0 bridgehead atoms. The largest absolute Gasteiger partial charge is 0.384 e. The summed E-state index contributed by atoms with van der Waals surface area (Å²) < 4.78 is 0. The number of aromatic nitrogens is 2.